The van der Waals surface area contributed by atoms with E-state index in [4.69, 9.17) is 0 Å². The highest BCUT2D eigenvalue weighted by atomic mass is 16.2. The molecule has 0 unspecified atom stereocenters. The Hall–Kier alpha value is -2.66. The van der Waals surface area contributed by atoms with E-state index >= 15 is 0 Å². The van der Waals surface area contributed by atoms with Crippen LogP contribution in [0.1, 0.15) is 35.7 Å². The minimum atomic E-state index is -0.173. The van der Waals surface area contributed by atoms with Crippen LogP contribution in [0, 0.1) is 5.92 Å². The lowest BCUT2D eigenvalue weighted by Crippen LogP contribution is -2.53. The second-order valence-electron chi connectivity index (χ2n) is 7.20. The second-order valence-corrected chi connectivity index (χ2v) is 7.20. The highest BCUT2D eigenvalue weighted by Crippen LogP contribution is 2.21. The Labute approximate surface area is 160 Å². The first kappa shape index (κ1) is 19.1. The molecule has 2 aromatic rings. The summed E-state index contributed by atoms with van der Waals surface area (Å²) in [5.41, 5.74) is 2.65. The van der Waals surface area contributed by atoms with Crippen LogP contribution in [0.4, 0.5) is 10.5 Å². The zero-order chi connectivity index (χ0) is 19.2. The molecule has 0 radical (unpaired) electrons. The molecule has 2 aromatic carbocycles. The van der Waals surface area contributed by atoms with Crippen LogP contribution in [-0.2, 0) is 6.42 Å². The SMILES string of the molecule is CC(=O)c1cccc(N(C)C(=O)N[C@@H]2C[C@H](Cc3ccccc3)CCN2)c1. The fourth-order valence-electron chi connectivity index (χ4n) is 3.54. The van der Waals surface area contributed by atoms with Crippen molar-refractivity contribution < 1.29 is 9.59 Å². The normalized spacial score (nSPS) is 19.3. The molecule has 5 nitrogen and oxygen atoms in total. The molecule has 0 spiro atoms. The number of rotatable bonds is 5. The van der Waals surface area contributed by atoms with E-state index in [9.17, 15) is 9.59 Å². The second kappa shape index (κ2) is 8.82. The van der Waals surface area contributed by atoms with Gasteiger partial charge in [0.05, 0.1) is 6.17 Å². The fourth-order valence-corrected chi connectivity index (χ4v) is 3.54. The summed E-state index contributed by atoms with van der Waals surface area (Å²) in [5, 5.41) is 6.46. The Morgan fingerprint density at radius 1 is 1.15 bits per heavy atom. The van der Waals surface area contributed by atoms with Gasteiger partial charge in [-0.3, -0.25) is 15.0 Å². The number of urea groups is 1. The molecule has 142 valence electrons. The average Bonchev–Trinajstić information content (AvgIpc) is 2.68. The summed E-state index contributed by atoms with van der Waals surface area (Å²) in [6.07, 6.45) is 3.00. The number of hydrogen-bond acceptors (Lipinski definition) is 3. The first-order chi connectivity index (χ1) is 13.0. The molecule has 27 heavy (non-hydrogen) atoms. The van der Waals surface area contributed by atoms with Crippen LogP contribution >= 0.6 is 0 Å². The summed E-state index contributed by atoms with van der Waals surface area (Å²) in [5.74, 6) is 0.536. The Morgan fingerprint density at radius 2 is 1.93 bits per heavy atom. The zero-order valence-corrected chi connectivity index (χ0v) is 15.9. The number of Topliss-reactive ketones (excluding diaryl/α,β-unsaturated/α-hetero) is 1. The van der Waals surface area contributed by atoms with Gasteiger partial charge in [-0.25, -0.2) is 4.79 Å². The van der Waals surface area contributed by atoms with Crippen LogP contribution in [0.15, 0.2) is 54.6 Å². The van der Waals surface area contributed by atoms with Crippen molar-refractivity contribution in [2.24, 2.45) is 5.92 Å². The third-order valence-electron chi connectivity index (χ3n) is 5.12. The monoisotopic (exact) mass is 365 g/mol. The van der Waals surface area contributed by atoms with Gasteiger partial charge < -0.3 is 5.32 Å². The summed E-state index contributed by atoms with van der Waals surface area (Å²) >= 11 is 0. The fraction of sp³-hybridized carbons (Fsp3) is 0.364. The Balaban J connectivity index is 1.58. The summed E-state index contributed by atoms with van der Waals surface area (Å²) in [7, 11) is 1.72. The molecule has 0 bridgehead atoms. The van der Waals surface area contributed by atoms with Gasteiger partial charge in [0, 0.05) is 18.3 Å². The number of ketones is 1. The van der Waals surface area contributed by atoms with Gasteiger partial charge in [0.25, 0.3) is 0 Å². The highest BCUT2D eigenvalue weighted by Gasteiger charge is 2.24. The maximum absolute atomic E-state index is 12.6. The van der Waals surface area contributed by atoms with Gasteiger partial charge in [-0.05, 0) is 56.3 Å². The van der Waals surface area contributed by atoms with E-state index in [0.29, 0.717) is 17.2 Å². The number of nitrogens with one attached hydrogen (secondary N) is 2. The van der Waals surface area contributed by atoms with Gasteiger partial charge in [0.1, 0.15) is 0 Å². The van der Waals surface area contributed by atoms with Crippen molar-refractivity contribution in [3.8, 4) is 0 Å². The summed E-state index contributed by atoms with van der Waals surface area (Å²) in [6.45, 7) is 2.42. The largest absolute Gasteiger partial charge is 0.322 e. The van der Waals surface area contributed by atoms with E-state index < -0.39 is 0 Å². The van der Waals surface area contributed by atoms with Gasteiger partial charge in [0.2, 0.25) is 0 Å². The Morgan fingerprint density at radius 3 is 2.67 bits per heavy atom. The quantitative estimate of drug-likeness (QED) is 0.796. The molecule has 1 aliphatic heterocycles. The van der Waals surface area contributed by atoms with Gasteiger partial charge in [0.15, 0.2) is 5.78 Å². The number of amides is 2. The molecule has 2 atom stereocenters. The van der Waals surface area contributed by atoms with Crippen molar-refractivity contribution in [2.45, 2.75) is 32.4 Å². The molecule has 1 heterocycles. The van der Waals surface area contributed by atoms with E-state index in [-0.39, 0.29) is 18.0 Å². The van der Waals surface area contributed by atoms with E-state index in [1.807, 2.05) is 12.1 Å². The number of benzene rings is 2. The van der Waals surface area contributed by atoms with Crippen LogP contribution in [-0.4, -0.2) is 31.6 Å². The molecule has 1 aliphatic rings. The first-order valence-corrected chi connectivity index (χ1v) is 9.45. The highest BCUT2D eigenvalue weighted by molar-refractivity contribution is 5.97. The molecule has 5 heteroatoms. The lowest BCUT2D eigenvalue weighted by Gasteiger charge is -2.32. The number of nitrogens with zero attached hydrogens (tertiary/aromatic N) is 1. The Kier molecular flexibility index (Phi) is 6.24. The van der Waals surface area contributed by atoms with Gasteiger partial charge in [-0.1, -0.05) is 42.5 Å². The molecule has 2 amide bonds. The number of carbonyl (C=O) groups is 2. The molecule has 0 aliphatic carbocycles. The van der Waals surface area contributed by atoms with Crippen molar-refractivity contribution in [3.05, 3.63) is 65.7 Å². The minimum Gasteiger partial charge on any atom is -0.322 e. The van der Waals surface area contributed by atoms with Gasteiger partial charge in [-0.15, -0.1) is 0 Å². The molecular formula is C22H27N3O2. The lowest BCUT2D eigenvalue weighted by molar-refractivity contribution is 0.101. The molecule has 2 N–H and O–H groups in total. The van der Waals surface area contributed by atoms with Crippen molar-refractivity contribution in [1.82, 2.24) is 10.6 Å². The van der Waals surface area contributed by atoms with Crippen molar-refractivity contribution in [2.75, 3.05) is 18.5 Å². The molecule has 3 rings (SSSR count). The maximum Gasteiger partial charge on any atom is 0.322 e. The first-order valence-electron chi connectivity index (χ1n) is 9.45. The number of hydrogen-bond donors (Lipinski definition) is 2. The van der Waals surface area contributed by atoms with Crippen LogP contribution < -0.4 is 15.5 Å². The van der Waals surface area contributed by atoms with E-state index in [2.05, 4.69) is 34.9 Å². The summed E-state index contributed by atoms with van der Waals surface area (Å²) in [6, 6.07) is 17.4. The predicted octanol–water partition coefficient (Wildman–Crippen LogP) is 3.60. The number of anilines is 1. The van der Waals surface area contributed by atoms with E-state index in [1.54, 1.807) is 30.1 Å². The minimum absolute atomic E-state index is 0.0108. The summed E-state index contributed by atoms with van der Waals surface area (Å²) in [4.78, 5) is 25.8. The smallest absolute Gasteiger partial charge is 0.322 e. The molecule has 1 fully saturated rings. The Bertz CT molecular complexity index is 791. The van der Waals surface area contributed by atoms with Crippen LogP contribution in [0.2, 0.25) is 0 Å². The van der Waals surface area contributed by atoms with Crippen molar-refractivity contribution >= 4 is 17.5 Å². The maximum atomic E-state index is 12.6. The average molecular weight is 365 g/mol. The summed E-state index contributed by atoms with van der Waals surface area (Å²) < 4.78 is 0. The molecular weight excluding hydrogens is 338 g/mol. The lowest BCUT2D eigenvalue weighted by atomic mass is 9.89. The predicted molar refractivity (Wildman–Crippen MR) is 108 cm³/mol. The van der Waals surface area contributed by atoms with E-state index in [1.165, 1.54) is 12.5 Å². The number of carbonyl (C=O) groups excluding carboxylic acids is 2. The molecule has 1 saturated heterocycles. The van der Waals surface area contributed by atoms with Crippen LogP contribution in [0.25, 0.3) is 0 Å². The molecule has 0 aromatic heterocycles. The van der Waals surface area contributed by atoms with E-state index in [0.717, 1.165) is 25.8 Å². The third kappa shape index (κ3) is 5.17. The topological polar surface area (TPSA) is 61.4 Å². The molecule has 0 saturated carbocycles. The van der Waals surface area contributed by atoms with Gasteiger partial charge >= 0.3 is 6.03 Å². The van der Waals surface area contributed by atoms with Crippen LogP contribution in [0.3, 0.4) is 0 Å². The third-order valence-corrected chi connectivity index (χ3v) is 5.12. The standard InChI is InChI=1S/C22H27N3O2/c1-16(26)19-9-6-10-20(15-19)25(2)22(27)24-21-14-18(11-12-23-21)13-17-7-4-3-5-8-17/h3-10,15,18,21,23H,11-14H2,1-2H3,(H,24,27)/t18-,21+/m0/s1. The van der Waals surface area contributed by atoms with Crippen LogP contribution in [0.5, 0.6) is 0 Å². The number of piperidine rings is 1. The van der Waals surface area contributed by atoms with Gasteiger partial charge in [-0.2, -0.15) is 0 Å². The zero-order valence-electron chi connectivity index (χ0n) is 15.9. The van der Waals surface area contributed by atoms with Crippen molar-refractivity contribution in [1.29, 1.82) is 0 Å². The van der Waals surface area contributed by atoms with Crippen molar-refractivity contribution in [3.63, 3.8) is 0 Å².